The van der Waals surface area contributed by atoms with E-state index in [-0.39, 0.29) is 0 Å². The second-order valence-electron chi connectivity index (χ2n) is 4.11. The monoisotopic (exact) mass is 294 g/mol. The van der Waals surface area contributed by atoms with Gasteiger partial charge in [0.05, 0.1) is 0 Å². The summed E-state index contributed by atoms with van der Waals surface area (Å²) in [5, 5.41) is 0. The van der Waals surface area contributed by atoms with Crippen LogP contribution < -0.4 is 0 Å². The van der Waals surface area contributed by atoms with Crippen molar-refractivity contribution >= 4 is 31.0 Å². The highest BCUT2D eigenvalue weighted by molar-refractivity contribution is 8.76. The summed E-state index contributed by atoms with van der Waals surface area (Å²) in [4.78, 5) is 0. The normalized spacial score (nSPS) is 11.8. The molecule has 0 saturated carbocycles. The Balaban J connectivity index is 2.48. The zero-order valence-corrected chi connectivity index (χ0v) is 12.7. The molecule has 0 bridgehead atoms. The molecular weight excluding hydrogens is 279 g/mol. The minimum Gasteiger partial charge on any atom is -0.323 e. The van der Waals surface area contributed by atoms with Gasteiger partial charge in [-0.15, -0.1) is 24.5 Å². The van der Waals surface area contributed by atoms with E-state index in [4.69, 9.17) is 4.52 Å². The van der Waals surface area contributed by atoms with Crippen molar-refractivity contribution in [2.75, 3.05) is 0 Å². The van der Waals surface area contributed by atoms with E-state index in [0.717, 1.165) is 11.1 Å². The van der Waals surface area contributed by atoms with Gasteiger partial charge in [0.15, 0.2) is 0 Å². The third-order valence-electron chi connectivity index (χ3n) is 2.91. The molecule has 0 unspecified atom stereocenters. The highest BCUT2D eigenvalue weighted by atomic mass is 33.1. The molecule has 18 heavy (non-hydrogen) atoms. The van der Waals surface area contributed by atoms with Crippen LogP contribution in [0.15, 0.2) is 60.7 Å². The van der Waals surface area contributed by atoms with Crippen molar-refractivity contribution in [3.63, 3.8) is 0 Å². The lowest BCUT2D eigenvalue weighted by Crippen LogP contribution is -2.24. The Labute approximate surface area is 120 Å². The minimum atomic E-state index is -1.05. The first-order valence-corrected chi connectivity index (χ1v) is 9.17. The second-order valence-corrected chi connectivity index (χ2v) is 7.92. The van der Waals surface area contributed by atoms with Crippen LogP contribution in [0.4, 0.5) is 0 Å². The fourth-order valence-corrected chi connectivity index (χ4v) is 3.46. The van der Waals surface area contributed by atoms with E-state index < -0.39 is 12.2 Å². The van der Waals surface area contributed by atoms with Gasteiger partial charge in [-0.2, -0.15) is 0 Å². The van der Waals surface area contributed by atoms with Crippen molar-refractivity contribution in [3.05, 3.63) is 71.8 Å². The minimum absolute atomic E-state index is 0.516. The summed E-state index contributed by atoms with van der Waals surface area (Å²) in [6, 6.07) is 20.3. The summed E-state index contributed by atoms with van der Waals surface area (Å²) in [7, 11) is 0. The summed E-state index contributed by atoms with van der Waals surface area (Å²) in [5.41, 5.74) is 1.69. The highest BCUT2D eigenvalue weighted by Crippen LogP contribution is 2.54. The highest BCUT2D eigenvalue weighted by Gasteiger charge is 2.31. The van der Waals surface area contributed by atoms with Crippen molar-refractivity contribution < 1.29 is 4.52 Å². The van der Waals surface area contributed by atoms with Gasteiger partial charge in [0.2, 0.25) is 0 Å². The van der Waals surface area contributed by atoms with Crippen molar-refractivity contribution in [3.8, 4) is 0 Å². The third kappa shape index (κ3) is 3.10. The summed E-state index contributed by atoms with van der Waals surface area (Å²) >= 11 is 8.60. The van der Waals surface area contributed by atoms with Crippen LogP contribution in [0.3, 0.4) is 0 Å². The smallest absolute Gasteiger partial charge is 0.146 e. The van der Waals surface area contributed by atoms with E-state index in [1.165, 1.54) is 0 Å². The van der Waals surface area contributed by atoms with Gasteiger partial charge in [0, 0.05) is 0 Å². The predicted molar refractivity (Wildman–Crippen MR) is 85.3 cm³/mol. The first kappa shape index (κ1) is 14.0. The number of hydrogen-bond acceptors (Lipinski definition) is 3. The lowest BCUT2D eigenvalue weighted by Gasteiger charge is -2.31. The summed E-state index contributed by atoms with van der Waals surface area (Å²) < 4.78 is 6.00. The van der Waals surface area contributed by atoms with Crippen LogP contribution in [0, 0.1) is 0 Å². The van der Waals surface area contributed by atoms with Crippen molar-refractivity contribution in [1.82, 2.24) is 0 Å². The molecule has 0 atom stereocenters. The third-order valence-corrected chi connectivity index (χ3v) is 3.93. The molecule has 2 aromatic rings. The van der Waals surface area contributed by atoms with Gasteiger partial charge in [-0.3, -0.25) is 0 Å². The van der Waals surface area contributed by atoms with Gasteiger partial charge >= 0.3 is 0 Å². The fourth-order valence-electron chi connectivity index (χ4n) is 1.95. The van der Waals surface area contributed by atoms with Crippen LogP contribution in [0.2, 0.25) is 0 Å². The number of rotatable bonds is 4. The van der Waals surface area contributed by atoms with Gasteiger partial charge in [-0.25, -0.2) is 0 Å². The lowest BCUT2D eigenvalue weighted by atomic mass is 9.88. The maximum Gasteiger partial charge on any atom is 0.146 e. The molecule has 0 fully saturated rings. The van der Waals surface area contributed by atoms with Gasteiger partial charge in [-0.05, 0) is 18.1 Å². The molecule has 0 aliphatic rings. The summed E-state index contributed by atoms with van der Waals surface area (Å²) in [5.74, 6) is 0. The molecule has 2 rings (SSSR count). The van der Waals surface area contributed by atoms with E-state index in [1.807, 2.05) is 36.4 Å². The Hall–Kier alpha value is -0.470. The van der Waals surface area contributed by atoms with Crippen LogP contribution in [-0.4, -0.2) is 0 Å². The molecule has 0 N–H and O–H groups in total. The molecule has 4 heteroatoms. The Kier molecular flexibility index (Phi) is 4.74. The van der Waals surface area contributed by atoms with Crippen LogP contribution in [-0.2, 0) is 10.1 Å². The van der Waals surface area contributed by atoms with E-state index in [1.54, 1.807) is 0 Å². The van der Waals surface area contributed by atoms with Crippen LogP contribution in [0.1, 0.15) is 18.1 Å². The van der Waals surface area contributed by atoms with Gasteiger partial charge in [-0.1, -0.05) is 60.7 Å². The molecule has 2 aromatic carbocycles. The molecule has 0 saturated heterocycles. The van der Waals surface area contributed by atoms with Crippen LogP contribution in [0.25, 0.3) is 0 Å². The van der Waals surface area contributed by atoms with Crippen LogP contribution >= 0.6 is 31.0 Å². The van der Waals surface area contributed by atoms with Crippen molar-refractivity contribution in [2.45, 2.75) is 12.5 Å². The molecule has 0 aliphatic carbocycles. The molecule has 0 aromatic heterocycles. The average Bonchev–Trinajstić information content (AvgIpc) is 2.40. The standard InChI is InChI=1S/C14H15OPS2/c1-14(15-16(17)18,12-8-4-2-5-9-12)13-10-6-3-7-11-13/h2-11,17-18H,1H3. The van der Waals surface area contributed by atoms with E-state index in [9.17, 15) is 0 Å². The molecule has 1 nitrogen and oxygen atoms in total. The number of thiol groups is 2. The zero-order chi connectivity index (χ0) is 13.0. The summed E-state index contributed by atoms with van der Waals surface area (Å²) in [6.07, 6.45) is 0. The maximum atomic E-state index is 6.00. The summed E-state index contributed by atoms with van der Waals surface area (Å²) in [6.45, 7) is 1.01. The molecule has 0 radical (unpaired) electrons. The van der Waals surface area contributed by atoms with Gasteiger partial charge < -0.3 is 4.52 Å². The predicted octanol–water partition coefficient (Wildman–Crippen LogP) is 5.05. The molecule has 94 valence electrons. The largest absolute Gasteiger partial charge is 0.323 e. The Morgan fingerprint density at radius 3 is 1.56 bits per heavy atom. The Morgan fingerprint density at radius 2 is 1.22 bits per heavy atom. The van der Waals surface area contributed by atoms with E-state index in [0.29, 0.717) is 0 Å². The SMILES string of the molecule is CC(OP(S)S)(c1ccccc1)c1ccccc1. The fraction of sp³-hybridized carbons (Fsp3) is 0.143. The molecule has 0 amide bonds. The number of hydrogen-bond donors (Lipinski definition) is 2. The second kappa shape index (κ2) is 6.12. The lowest BCUT2D eigenvalue weighted by molar-refractivity contribution is 0.162. The first-order valence-electron chi connectivity index (χ1n) is 5.61. The zero-order valence-electron chi connectivity index (χ0n) is 10.0. The van der Waals surface area contributed by atoms with Gasteiger partial charge in [0.1, 0.15) is 12.2 Å². The molecule has 0 aliphatic heterocycles. The first-order chi connectivity index (χ1) is 8.63. The van der Waals surface area contributed by atoms with Crippen molar-refractivity contribution in [2.24, 2.45) is 0 Å². The quantitative estimate of drug-likeness (QED) is 0.592. The Bertz CT molecular complexity index is 448. The van der Waals surface area contributed by atoms with Crippen molar-refractivity contribution in [1.29, 1.82) is 0 Å². The van der Waals surface area contributed by atoms with E-state index in [2.05, 4.69) is 55.7 Å². The molecule has 0 spiro atoms. The molecular formula is C14H15OPS2. The van der Waals surface area contributed by atoms with Crippen LogP contribution in [0.5, 0.6) is 0 Å². The maximum absolute atomic E-state index is 6.00. The van der Waals surface area contributed by atoms with Gasteiger partial charge in [0.25, 0.3) is 0 Å². The van der Waals surface area contributed by atoms with E-state index >= 15 is 0 Å². The molecule has 0 heterocycles. The topological polar surface area (TPSA) is 9.23 Å². The average molecular weight is 294 g/mol. The Morgan fingerprint density at radius 1 is 0.833 bits per heavy atom. The number of benzene rings is 2.